The molecule has 1 aliphatic carbocycles. The maximum Gasteiger partial charge on any atom is 0.248 e. The molecule has 6 nitrogen and oxygen atoms in total. The summed E-state index contributed by atoms with van der Waals surface area (Å²) in [6, 6.07) is 9.71. The number of amides is 2. The molecule has 0 bridgehead atoms. The maximum absolute atomic E-state index is 12.9. The lowest BCUT2D eigenvalue weighted by molar-refractivity contribution is -0.138. The SMILES string of the molecule is CC(=O)N1Cc2ccccc2CC1C(=O)Nc1ccnn1C1CCC1. The van der Waals surface area contributed by atoms with Crippen LogP contribution in [-0.4, -0.2) is 32.5 Å². The van der Waals surface area contributed by atoms with E-state index < -0.39 is 6.04 Å². The molecule has 1 fully saturated rings. The second-order valence-corrected chi connectivity index (χ2v) is 6.87. The molecular weight excluding hydrogens is 316 g/mol. The molecule has 1 N–H and O–H groups in total. The summed E-state index contributed by atoms with van der Waals surface area (Å²) < 4.78 is 1.90. The number of hydrogen-bond acceptors (Lipinski definition) is 3. The Labute approximate surface area is 146 Å². The van der Waals surface area contributed by atoms with Gasteiger partial charge in [0.1, 0.15) is 11.9 Å². The van der Waals surface area contributed by atoms with Crippen molar-refractivity contribution >= 4 is 17.6 Å². The summed E-state index contributed by atoms with van der Waals surface area (Å²) in [5.74, 6) is 0.491. The predicted octanol–water partition coefficient (Wildman–Crippen LogP) is 2.52. The lowest BCUT2D eigenvalue weighted by atomic mass is 9.93. The fraction of sp³-hybridized carbons (Fsp3) is 0.421. The highest BCUT2D eigenvalue weighted by Gasteiger charge is 2.34. The Balaban J connectivity index is 1.56. The van der Waals surface area contributed by atoms with Gasteiger partial charge >= 0.3 is 0 Å². The topological polar surface area (TPSA) is 67.2 Å². The zero-order valence-electron chi connectivity index (χ0n) is 14.3. The third-order valence-electron chi connectivity index (χ3n) is 5.30. The second-order valence-electron chi connectivity index (χ2n) is 6.87. The summed E-state index contributed by atoms with van der Waals surface area (Å²) in [4.78, 5) is 26.7. The Bertz CT molecular complexity index is 809. The van der Waals surface area contributed by atoms with Gasteiger partial charge in [0.15, 0.2) is 0 Å². The molecule has 0 spiro atoms. The fourth-order valence-electron chi connectivity index (χ4n) is 3.63. The van der Waals surface area contributed by atoms with E-state index in [1.807, 2.05) is 35.0 Å². The van der Waals surface area contributed by atoms with Crippen molar-refractivity contribution in [2.45, 2.75) is 51.2 Å². The van der Waals surface area contributed by atoms with Gasteiger partial charge in [0.25, 0.3) is 0 Å². The van der Waals surface area contributed by atoms with E-state index in [2.05, 4.69) is 10.4 Å². The van der Waals surface area contributed by atoms with Gasteiger partial charge in [-0.2, -0.15) is 5.10 Å². The fourth-order valence-corrected chi connectivity index (χ4v) is 3.63. The Morgan fingerprint density at radius 1 is 1.16 bits per heavy atom. The summed E-state index contributed by atoms with van der Waals surface area (Å²) in [6.45, 7) is 2.00. The highest BCUT2D eigenvalue weighted by Crippen LogP contribution is 2.33. The number of rotatable bonds is 3. The van der Waals surface area contributed by atoms with E-state index in [0.717, 1.165) is 29.8 Å². The molecule has 6 heteroatoms. The number of anilines is 1. The van der Waals surface area contributed by atoms with Crippen molar-refractivity contribution in [2.24, 2.45) is 0 Å². The molecule has 1 unspecified atom stereocenters. The van der Waals surface area contributed by atoms with Crippen molar-refractivity contribution in [2.75, 3.05) is 5.32 Å². The van der Waals surface area contributed by atoms with Gasteiger partial charge in [-0.05, 0) is 30.4 Å². The minimum absolute atomic E-state index is 0.0813. The van der Waals surface area contributed by atoms with Gasteiger partial charge in [-0.3, -0.25) is 9.59 Å². The molecule has 0 radical (unpaired) electrons. The Morgan fingerprint density at radius 2 is 1.92 bits per heavy atom. The van der Waals surface area contributed by atoms with Crippen LogP contribution in [0.25, 0.3) is 0 Å². The molecule has 1 aromatic carbocycles. The van der Waals surface area contributed by atoms with Crippen molar-refractivity contribution in [3.05, 3.63) is 47.7 Å². The first-order chi connectivity index (χ1) is 12.1. The molecule has 130 valence electrons. The average molecular weight is 338 g/mol. The Hall–Kier alpha value is -2.63. The predicted molar refractivity (Wildman–Crippen MR) is 93.9 cm³/mol. The van der Waals surface area contributed by atoms with Gasteiger partial charge in [-0.1, -0.05) is 24.3 Å². The summed E-state index contributed by atoms with van der Waals surface area (Å²) >= 11 is 0. The minimum Gasteiger partial charge on any atom is -0.326 e. The van der Waals surface area contributed by atoms with Crippen molar-refractivity contribution < 1.29 is 9.59 Å². The highest BCUT2D eigenvalue weighted by atomic mass is 16.2. The molecule has 1 atom stereocenters. The van der Waals surface area contributed by atoms with Crippen molar-refractivity contribution in [3.8, 4) is 0 Å². The lowest BCUT2D eigenvalue weighted by Gasteiger charge is -2.35. The standard InChI is InChI=1S/C19H22N4O2/c1-13(24)22-12-15-6-3-2-5-14(15)11-17(22)19(25)21-18-9-10-20-23(18)16-7-4-8-16/h2-3,5-6,9-10,16-17H,4,7-8,11-12H2,1H3,(H,21,25). The third-order valence-corrected chi connectivity index (χ3v) is 5.30. The largest absolute Gasteiger partial charge is 0.326 e. The Morgan fingerprint density at radius 3 is 2.60 bits per heavy atom. The molecule has 1 aliphatic heterocycles. The van der Waals surface area contributed by atoms with Crippen LogP contribution < -0.4 is 5.32 Å². The molecule has 2 heterocycles. The number of benzene rings is 1. The van der Waals surface area contributed by atoms with Crippen LogP contribution in [0.4, 0.5) is 5.82 Å². The first-order valence-corrected chi connectivity index (χ1v) is 8.82. The quantitative estimate of drug-likeness (QED) is 0.935. The Kier molecular flexibility index (Phi) is 4.03. The monoisotopic (exact) mass is 338 g/mol. The molecule has 2 amide bonds. The van der Waals surface area contributed by atoms with Gasteiger partial charge in [0.2, 0.25) is 11.8 Å². The van der Waals surface area contributed by atoms with Crippen molar-refractivity contribution in [1.82, 2.24) is 14.7 Å². The number of aromatic nitrogens is 2. The lowest BCUT2D eigenvalue weighted by Crippen LogP contribution is -2.50. The van der Waals surface area contributed by atoms with E-state index in [4.69, 9.17) is 0 Å². The van der Waals surface area contributed by atoms with E-state index in [-0.39, 0.29) is 11.8 Å². The van der Waals surface area contributed by atoms with Crippen LogP contribution in [0.1, 0.15) is 43.4 Å². The molecule has 25 heavy (non-hydrogen) atoms. The van der Waals surface area contributed by atoms with Gasteiger partial charge in [-0.15, -0.1) is 0 Å². The van der Waals surface area contributed by atoms with Crippen LogP contribution in [0.15, 0.2) is 36.5 Å². The summed E-state index contributed by atoms with van der Waals surface area (Å²) in [6.07, 6.45) is 5.66. The van der Waals surface area contributed by atoms with Gasteiger partial charge in [-0.25, -0.2) is 4.68 Å². The molecule has 2 aromatic rings. The van der Waals surface area contributed by atoms with Crippen LogP contribution in [0, 0.1) is 0 Å². The molecule has 2 aliphatic rings. The first-order valence-electron chi connectivity index (χ1n) is 8.82. The summed E-state index contributed by atoms with van der Waals surface area (Å²) in [5, 5.41) is 7.34. The zero-order valence-corrected chi connectivity index (χ0v) is 14.3. The zero-order chi connectivity index (χ0) is 17.4. The number of hydrogen-bond donors (Lipinski definition) is 1. The van der Waals surface area contributed by atoms with E-state index in [9.17, 15) is 9.59 Å². The number of nitrogens with one attached hydrogen (secondary N) is 1. The molecule has 1 aromatic heterocycles. The maximum atomic E-state index is 12.9. The summed E-state index contributed by atoms with van der Waals surface area (Å²) in [7, 11) is 0. The van der Waals surface area contributed by atoms with Crippen LogP contribution in [0.5, 0.6) is 0 Å². The van der Waals surface area contributed by atoms with Gasteiger partial charge < -0.3 is 10.2 Å². The molecule has 4 rings (SSSR count). The second kappa shape index (κ2) is 6.35. The average Bonchev–Trinajstić information content (AvgIpc) is 2.99. The first kappa shape index (κ1) is 15.9. The molecular formula is C19H22N4O2. The van der Waals surface area contributed by atoms with Crippen LogP contribution in [-0.2, 0) is 22.6 Å². The number of nitrogens with zero attached hydrogens (tertiary/aromatic N) is 3. The van der Waals surface area contributed by atoms with Crippen LogP contribution in [0.2, 0.25) is 0 Å². The van der Waals surface area contributed by atoms with E-state index in [0.29, 0.717) is 19.0 Å². The van der Waals surface area contributed by atoms with Gasteiger partial charge in [0.05, 0.1) is 12.2 Å². The smallest absolute Gasteiger partial charge is 0.248 e. The summed E-state index contributed by atoms with van der Waals surface area (Å²) in [5.41, 5.74) is 2.24. The van der Waals surface area contributed by atoms with E-state index in [1.54, 1.807) is 11.1 Å². The van der Waals surface area contributed by atoms with Crippen molar-refractivity contribution in [1.29, 1.82) is 0 Å². The number of fused-ring (bicyclic) bond motifs is 1. The van der Waals surface area contributed by atoms with Crippen molar-refractivity contribution in [3.63, 3.8) is 0 Å². The highest BCUT2D eigenvalue weighted by molar-refractivity contribution is 5.96. The number of carbonyl (C=O) groups excluding carboxylic acids is 2. The molecule has 0 saturated heterocycles. The van der Waals surface area contributed by atoms with E-state index >= 15 is 0 Å². The third kappa shape index (κ3) is 2.92. The van der Waals surface area contributed by atoms with Gasteiger partial charge in [0, 0.05) is 26.0 Å². The van der Waals surface area contributed by atoms with E-state index in [1.165, 1.54) is 13.3 Å². The molecule has 1 saturated carbocycles. The van der Waals surface area contributed by atoms with Crippen LogP contribution in [0.3, 0.4) is 0 Å². The number of carbonyl (C=O) groups is 2. The minimum atomic E-state index is -0.489. The van der Waals surface area contributed by atoms with Crippen LogP contribution >= 0.6 is 0 Å². The normalized spacial score (nSPS) is 19.9.